The van der Waals surface area contributed by atoms with Gasteiger partial charge in [0.25, 0.3) is 11.6 Å². The van der Waals surface area contributed by atoms with Gasteiger partial charge in [-0.3, -0.25) is 9.36 Å². The molecule has 160 valence electrons. The Morgan fingerprint density at radius 2 is 2.17 bits per heavy atom. The van der Waals surface area contributed by atoms with Gasteiger partial charge in [0.2, 0.25) is 5.82 Å². The van der Waals surface area contributed by atoms with Crippen LogP contribution in [-0.4, -0.2) is 50.4 Å². The zero-order valence-corrected chi connectivity index (χ0v) is 16.4. The summed E-state index contributed by atoms with van der Waals surface area (Å²) in [6.07, 6.45) is -0.331. The average molecular weight is 422 g/mol. The normalized spacial score (nSPS) is 22.4. The molecule has 2 aromatic rings. The summed E-state index contributed by atoms with van der Waals surface area (Å²) in [4.78, 5) is 14.2. The first-order valence-electron chi connectivity index (χ1n) is 12.2. The molecule has 1 fully saturated rings. The van der Waals surface area contributed by atoms with Crippen LogP contribution < -0.4 is 10.9 Å². The van der Waals surface area contributed by atoms with Gasteiger partial charge in [0, 0.05) is 37.6 Å². The minimum Gasteiger partial charge on any atom is -0.507 e. The molecule has 0 amide bonds. The van der Waals surface area contributed by atoms with Gasteiger partial charge >= 0.3 is 0 Å². The van der Waals surface area contributed by atoms with Gasteiger partial charge in [0.15, 0.2) is 5.82 Å². The Balaban J connectivity index is 1.59. The molecule has 0 saturated carbocycles. The summed E-state index contributed by atoms with van der Waals surface area (Å²) in [6, 6.07) is 2.47. The van der Waals surface area contributed by atoms with Crippen LogP contribution in [0, 0.1) is 0 Å². The highest BCUT2D eigenvalue weighted by Gasteiger charge is 2.27. The van der Waals surface area contributed by atoms with Crippen molar-refractivity contribution in [3.63, 3.8) is 0 Å². The summed E-state index contributed by atoms with van der Waals surface area (Å²) in [6.45, 7) is -5.01. The number of rotatable bonds is 4. The molecular formula is C21H25F2N5O2. The molecule has 1 aromatic carbocycles. The number of aromatic nitrogens is 3. The van der Waals surface area contributed by atoms with E-state index in [0.717, 1.165) is 0 Å². The van der Waals surface area contributed by atoms with E-state index in [-0.39, 0.29) is 60.0 Å². The number of fused-ring (bicyclic) bond motifs is 1. The molecule has 2 N–H and O–H groups in total. The third-order valence-electron chi connectivity index (χ3n) is 5.69. The minimum absolute atomic E-state index is 0.0583. The molecule has 7 nitrogen and oxygen atoms in total. The van der Waals surface area contributed by atoms with E-state index in [2.05, 4.69) is 15.5 Å². The quantitative estimate of drug-likeness (QED) is 0.788. The van der Waals surface area contributed by atoms with Crippen LogP contribution in [0.2, 0.25) is 0 Å². The molecule has 1 saturated heterocycles. The third-order valence-corrected chi connectivity index (χ3v) is 5.69. The van der Waals surface area contributed by atoms with E-state index in [4.69, 9.17) is 6.85 Å². The van der Waals surface area contributed by atoms with Crippen molar-refractivity contribution >= 4 is 11.4 Å². The van der Waals surface area contributed by atoms with Crippen LogP contribution in [0.1, 0.15) is 44.1 Å². The van der Waals surface area contributed by atoms with Gasteiger partial charge in [-0.05, 0) is 50.4 Å². The number of phenolic OH excluding ortho intramolecular Hbond substituents is 1. The Morgan fingerprint density at radius 1 is 1.37 bits per heavy atom. The smallest absolute Gasteiger partial charge is 0.296 e. The average Bonchev–Trinajstić information content (AvgIpc) is 3.23. The minimum atomic E-state index is -2.82. The first kappa shape index (κ1) is 15.1. The topological polar surface area (TPSA) is 83.3 Å². The standard InChI is InChI=1S/C21H25F2N5O2/c1-3-28-10-4-5-12(11-28)24-19-21(30)27(2)20(26-25-19)16-9-6-13-14(17(16)29)7-8-15(13)18(22)23/h6,9,12,29H,3-5,7-8,10-11H2,1-2H3,(H,24,25)/t12-/m1/s1/i1D3,3D2. The molecule has 2 heterocycles. The van der Waals surface area contributed by atoms with Crippen LogP contribution in [0.15, 0.2) is 23.0 Å². The molecule has 0 spiro atoms. The van der Waals surface area contributed by atoms with Crippen molar-refractivity contribution in [1.29, 1.82) is 0 Å². The molecule has 9 heteroatoms. The van der Waals surface area contributed by atoms with E-state index in [1.54, 1.807) is 0 Å². The molecule has 2 aliphatic rings. The van der Waals surface area contributed by atoms with Gasteiger partial charge in [-0.2, -0.15) is 8.78 Å². The second kappa shape index (κ2) is 8.14. The van der Waals surface area contributed by atoms with Gasteiger partial charge in [-0.25, -0.2) is 0 Å². The van der Waals surface area contributed by atoms with Crippen LogP contribution in [-0.2, 0) is 13.5 Å². The van der Waals surface area contributed by atoms with Crippen molar-refractivity contribution in [3.05, 3.63) is 39.7 Å². The Kier molecular flexibility index (Phi) is 4.09. The molecule has 1 aliphatic heterocycles. The number of nitrogens with zero attached hydrogens (tertiary/aromatic N) is 4. The maximum atomic E-state index is 13.1. The number of piperidine rings is 1. The van der Waals surface area contributed by atoms with E-state index in [9.17, 15) is 18.7 Å². The zero-order valence-electron chi connectivity index (χ0n) is 21.4. The van der Waals surface area contributed by atoms with Gasteiger partial charge in [-0.1, -0.05) is 12.9 Å². The van der Waals surface area contributed by atoms with Crippen molar-refractivity contribution in [3.8, 4) is 17.1 Å². The number of phenols is 1. The number of likely N-dealkylation sites (tertiary alicyclic amines) is 1. The van der Waals surface area contributed by atoms with Gasteiger partial charge in [0.05, 0.1) is 5.56 Å². The molecule has 0 bridgehead atoms. The number of aromatic hydroxyl groups is 1. The monoisotopic (exact) mass is 422 g/mol. The van der Waals surface area contributed by atoms with Crippen molar-refractivity contribution in [2.24, 2.45) is 7.05 Å². The van der Waals surface area contributed by atoms with Crippen LogP contribution >= 0.6 is 0 Å². The largest absolute Gasteiger partial charge is 0.507 e. The molecule has 4 rings (SSSR count). The van der Waals surface area contributed by atoms with E-state index in [1.807, 2.05) is 0 Å². The second-order valence-corrected chi connectivity index (χ2v) is 7.50. The first-order valence-corrected chi connectivity index (χ1v) is 9.68. The zero-order chi connectivity index (χ0) is 25.7. The number of anilines is 1. The predicted octanol–water partition coefficient (Wildman–Crippen LogP) is 3.00. The number of nitrogens with one attached hydrogen (secondary N) is 1. The molecule has 1 aromatic heterocycles. The second-order valence-electron chi connectivity index (χ2n) is 7.50. The maximum Gasteiger partial charge on any atom is 0.296 e. The summed E-state index contributed by atoms with van der Waals surface area (Å²) in [5.41, 5.74) is 0.179. The molecule has 30 heavy (non-hydrogen) atoms. The Morgan fingerprint density at radius 3 is 2.93 bits per heavy atom. The van der Waals surface area contributed by atoms with Gasteiger partial charge in [-0.15, -0.1) is 10.2 Å². The highest BCUT2D eigenvalue weighted by atomic mass is 19.3. The van der Waals surface area contributed by atoms with Crippen LogP contribution in [0.3, 0.4) is 0 Å². The van der Waals surface area contributed by atoms with Crippen molar-refractivity contribution in [2.45, 2.75) is 38.6 Å². The summed E-state index contributed by atoms with van der Waals surface area (Å²) < 4.78 is 65.9. The van der Waals surface area contributed by atoms with Crippen LogP contribution in [0.5, 0.6) is 5.75 Å². The molecule has 1 aliphatic carbocycles. The van der Waals surface area contributed by atoms with E-state index in [1.165, 1.54) is 28.6 Å². The van der Waals surface area contributed by atoms with Gasteiger partial charge < -0.3 is 15.3 Å². The number of allylic oxidation sites excluding steroid dienone is 1. The lowest BCUT2D eigenvalue weighted by molar-refractivity contribution is 0.226. The highest BCUT2D eigenvalue weighted by molar-refractivity contribution is 5.80. The maximum absolute atomic E-state index is 13.1. The lowest BCUT2D eigenvalue weighted by Gasteiger charge is -2.32. The van der Waals surface area contributed by atoms with Crippen LogP contribution in [0.25, 0.3) is 17.0 Å². The SMILES string of the molecule is [2H]C([2H])([2H])C([2H])([2H])N1CCC[C@@H](Nc2nnc(-c3ccc4c(c3O)CCC4=C(F)F)n(C)c2=O)C1. The van der Waals surface area contributed by atoms with Crippen LogP contribution in [0.4, 0.5) is 14.6 Å². The predicted molar refractivity (Wildman–Crippen MR) is 111 cm³/mol. The first-order chi connectivity index (χ1) is 16.3. The fourth-order valence-corrected chi connectivity index (χ4v) is 4.11. The number of hydrogen-bond donors (Lipinski definition) is 2. The summed E-state index contributed by atoms with van der Waals surface area (Å²) in [7, 11) is 1.44. The lowest BCUT2D eigenvalue weighted by Crippen LogP contribution is -2.43. The van der Waals surface area contributed by atoms with Crippen molar-refractivity contribution in [1.82, 2.24) is 19.7 Å². The fraction of sp³-hybridized carbons (Fsp3) is 0.476. The Labute approximate surface area is 180 Å². The molecule has 1 atom stereocenters. The number of benzene rings is 1. The van der Waals surface area contributed by atoms with E-state index in [0.29, 0.717) is 18.4 Å². The fourth-order valence-electron chi connectivity index (χ4n) is 4.11. The molecular weight excluding hydrogens is 392 g/mol. The molecule has 0 unspecified atom stereocenters. The number of halogens is 2. The third kappa shape index (κ3) is 3.58. The highest BCUT2D eigenvalue weighted by Crippen LogP contribution is 2.43. The van der Waals surface area contributed by atoms with E-state index < -0.39 is 31.0 Å². The Hall–Kier alpha value is -2.81. The summed E-state index contributed by atoms with van der Waals surface area (Å²) >= 11 is 0. The van der Waals surface area contributed by atoms with Crippen molar-refractivity contribution < 1.29 is 20.7 Å². The molecule has 0 radical (unpaired) electrons. The van der Waals surface area contributed by atoms with Gasteiger partial charge in [0.1, 0.15) is 5.75 Å². The summed E-state index contributed by atoms with van der Waals surface area (Å²) in [5, 5.41) is 21.7. The number of likely N-dealkylation sites (N-methyl/N-ethyl adjacent to an activating group) is 1. The van der Waals surface area contributed by atoms with E-state index >= 15 is 0 Å². The lowest BCUT2D eigenvalue weighted by atomic mass is 10.0. The Bertz CT molecular complexity index is 1240. The number of hydrogen-bond acceptors (Lipinski definition) is 6. The van der Waals surface area contributed by atoms with Crippen molar-refractivity contribution in [2.75, 3.05) is 24.9 Å². The summed E-state index contributed by atoms with van der Waals surface area (Å²) in [5.74, 6) is -0.260.